The monoisotopic (exact) mass is 346 g/mol. The second-order valence-corrected chi connectivity index (χ2v) is 1.00. The molecule has 0 aromatic carbocycles. The molecule has 3 N–H and O–H groups in total. The molecule has 0 amide bonds. The van der Waals surface area contributed by atoms with Crippen LogP contribution in [-0.2, 0) is 26.2 Å². The van der Waals surface area contributed by atoms with Gasteiger partial charge < -0.3 is 15.3 Å². The fourth-order valence-electron chi connectivity index (χ4n) is 0.340. The van der Waals surface area contributed by atoms with Gasteiger partial charge >= 0.3 is 20.5 Å². The first kappa shape index (κ1) is 29.3. The van der Waals surface area contributed by atoms with Gasteiger partial charge in [0.1, 0.15) is 0 Å². The van der Waals surface area contributed by atoms with E-state index in [1.165, 1.54) is 0 Å². The minimum Gasteiger partial charge on any atom is 0 e. The molecule has 0 saturated carbocycles. The first-order valence-corrected chi connectivity index (χ1v) is 4.45. The van der Waals surface area contributed by atoms with Gasteiger partial charge in [0, 0.05) is 47.5 Å². The summed E-state index contributed by atoms with van der Waals surface area (Å²) >= 11 is -0.125. The standard InChI is InChI=1S/C5H5.3CH4O.FGeH2.Zr/c1-2-4-5-3-1;4*1-2;/h1-3H,4H2;3*2H,1H3;2H2;/q-1;;;;;. The van der Waals surface area contributed by atoms with E-state index in [0.717, 1.165) is 27.8 Å². The van der Waals surface area contributed by atoms with E-state index < -0.39 is 0 Å². The van der Waals surface area contributed by atoms with Crippen LogP contribution in [-0.4, -0.2) is 53.6 Å². The van der Waals surface area contributed by atoms with Crippen LogP contribution in [0, 0.1) is 6.08 Å². The quantitative estimate of drug-likeness (QED) is 0.415. The number of aliphatic hydroxyl groups is 3. The van der Waals surface area contributed by atoms with Gasteiger partial charge in [-0.2, -0.15) is 6.08 Å². The largest absolute Gasteiger partial charge is 0 e. The molecule has 0 aromatic heterocycles. The summed E-state index contributed by atoms with van der Waals surface area (Å²) in [5.74, 6) is 0. The summed E-state index contributed by atoms with van der Waals surface area (Å²) in [7, 11) is 3.00. The van der Waals surface area contributed by atoms with Gasteiger partial charge in [0.05, 0.1) is 0 Å². The average molecular weight is 346 g/mol. The Balaban J connectivity index is -0.0000000267. The summed E-state index contributed by atoms with van der Waals surface area (Å²) in [6.07, 6.45) is 10.0. The first-order chi connectivity index (χ1) is 6.50. The molecule has 0 atom stereocenters. The summed E-state index contributed by atoms with van der Waals surface area (Å²) in [6, 6.07) is 0. The molecule has 85 valence electrons. The Bertz CT molecular complexity index is 82.7. The summed E-state index contributed by atoms with van der Waals surface area (Å²) in [5, 5.41) is 21.0. The van der Waals surface area contributed by atoms with Crippen molar-refractivity contribution in [1.82, 2.24) is 0 Å². The van der Waals surface area contributed by atoms with Crippen molar-refractivity contribution >= 4 is 17.0 Å². The molecule has 0 spiro atoms. The third kappa shape index (κ3) is 53.4. The molecule has 0 heterocycles. The third-order valence-electron chi connectivity index (χ3n) is 0.586. The van der Waals surface area contributed by atoms with E-state index in [4.69, 9.17) is 15.3 Å². The van der Waals surface area contributed by atoms with Gasteiger partial charge in [-0.3, -0.25) is 6.08 Å². The maximum atomic E-state index is 9.62. The van der Waals surface area contributed by atoms with Crippen LogP contribution in [0.25, 0.3) is 0 Å². The molecule has 0 aromatic rings. The smallest absolute Gasteiger partial charge is 0 e. The SMILES string of the molecule is CO.CO.CO.[C-]1=CC=CC1.[F][GeH2].[Zr]. The summed E-state index contributed by atoms with van der Waals surface area (Å²) in [6.45, 7) is 0. The van der Waals surface area contributed by atoms with Gasteiger partial charge in [0.25, 0.3) is 0 Å². The van der Waals surface area contributed by atoms with Crippen LogP contribution in [0.2, 0.25) is 0 Å². The maximum absolute atomic E-state index is 9.62. The molecule has 0 saturated heterocycles. The van der Waals surface area contributed by atoms with E-state index in [2.05, 4.69) is 12.2 Å². The number of hydrogen-bond donors (Lipinski definition) is 3. The van der Waals surface area contributed by atoms with Gasteiger partial charge in [-0.1, -0.05) is 0 Å². The van der Waals surface area contributed by atoms with Crippen LogP contribution >= 0.6 is 0 Å². The van der Waals surface area contributed by atoms with Gasteiger partial charge in [-0.25, -0.2) is 12.2 Å². The molecule has 6 heteroatoms. The second-order valence-electron chi connectivity index (χ2n) is 1.00. The van der Waals surface area contributed by atoms with Gasteiger partial charge in [0.2, 0.25) is 0 Å². The third-order valence-corrected chi connectivity index (χ3v) is 0.586. The minimum atomic E-state index is -0.125. The van der Waals surface area contributed by atoms with E-state index in [-0.39, 0.29) is 43.2 Å². The van der Waals surface area contributed by atoms with Crippen LogP contribution in [0.1, 0.15) is 6.42 Å². The van der Waals surface area contributed by atoms with Crippen LogP contribution in [0.15, 0.2) is 18.2 Å². The minimum absolute atomic E-state index is 0. The van der Waals surface area contributed by atoms with Crippen molar-refractivity contribution < 1.29 is 45.0 Å². The van der Waals surface area contributed by atoms with Crippen LogP contribution < -0.4 is 0 Å². The molecular formula is C8H19FGeO3Zr-. The van der Waals surface area contributed by atoms with Gasteiger partial charge in [0.15, 0.2) is 0 Å². The zero-order valence-corrected chi connectivity index (χ0v) is 14.3. The van der Waals surface area contributed by atoms with Crippen molar-refractivity contribution in [2.45, 2.75) is 6.42 Å². The predicted molar refractivity (Wildman–Crippen MR) is 55.7 cm³/mol. The molecular weight excluding hydrogens is 327 g/mol. The van der Waals surface area contributed by atoms with E-state index in [1.807, 2.05) is 12.2 Å². The molecule has 1 rings (SSSR count). The van der Waals surface area contributed by atoms with Crippen LogP contribution in [0.4, 0.5) is 3.50 Å². The Labute approximate surface area is 114 Å². The van der Waals surface area contributed by atoms with E-state index in [9.17, 15) is 3.50 Å². The van der Waals surface area contributed by atoms with Crippen molar-refractivity contribution in [2.24, 2.45) is 0 Å². The van der Waals surface area contributed by atoms with Crippen molar-refractivity contribution in [3.8, 4) is 0 Å². The fourth-order valence-corrected chi connectivity index (χ4v) is 0.340. The maximum Gasteiger partial charge on any atom is 0 e. The van der Waals surface area contributed by atoms with E-state index in [0.29, 0.717) is 0 Å². The van der Waals surface area contributed by atoms with Crippen LogP contribution in [0.5, 0.6) is 0 Å². The van der Waals surface area contributed by atoms with Gasteiger partial charge in [-0.15, -0.1) is 6.42 Å². The summed E-state index contributed by atoms with van der Waals surface area (Å²) in [4.78, 5) is 0. The average Bonchev–Trinajstić information content (AvgIpc) is 2.87. The molecule has 0 bridgehead atoms. The Hall–Kier alpha value is 0.716. The van der Waals surface area contributed by atoms with Gasteiger partial charge in [-0.05, 0) is 0 Å². The number of halogens is 1. The Kier molecular flexibility index (Phi) is 142. The van der Waals surface area contributed by atoms with E-state index >= 15 is 0 Å². The fraction of sp³-hybridized carbons (Fsp3) is 0.500. The normalized spacial score (nSPS) is 8.00. The van der Waals surface area contributed by atoms with Crippen molar-refractivity contribution in [3.63, 3.8) is 0 Å². The molecule has 3 nitrogen and oxygen atoms in total. The summed E-state index contributed by atoms with van der Waals surface area (Å²) < 4.78 is 9.62. The molecule has 1 aliphatic carbocycles. The Morgan fingerprint density at radius 1 is 1.07 bits per heavy atom. The zero-order chi connectivity index (χ0) is 11.5. The second kappa shape index (κ2) is 67.9. The zero-order valence-electron chi connectivity index (χ0n) is 8.87. The number of aliphatic hydroxyl groups excluding tert-OH is 3. The molecule has 1 radical (unpaired) electrons. The summed E-state index contributed by atoms with van der Waals surface area (Å²) in [5.41, 5.74) is 0. The predicted octanol–water partition coefficient (Wildman–Crippen LogP) is -0.367. The molecule has 0 unspecified atom stereocenters. The first-order valence-electron chi connectivity index (χ1n) is 3.33. The van der Waals surface area contributed by atoms with Crippen molar-refractivity contribution in [3.05, 3.63) is 24.3 Å². The molecule has 0 fully saturated rings. The van der Waals surface area contributed by atoms with E-state index in [1.54, 1.807) is 0 Å². The van der Waals surface area contributed by atoms with Crippen molar-refractivity contribution in [1.29, 1.82) is 0 Å². The Morgan fingerprint density at radius 2 is 1.43 bits per heavy atom. The van der Waals surface area contributed by atoms with Crippen LogP contribution in [0.3, 0.4) is 0 Å². The number of rotatable bonds is 0. The number of hydrogen-bond acceptors (Lipinski definition) is 3. The molecule has 0 aliphatic heterocycles. The molecule has 1 aliphatic rings. The Morgan fingerprint density at radius 3 is 1.50 bits per heavy atom. The molecule has 14 heavy (non-hydrogen) atoms. The number of allylic oxidation sites excluding steroid dienone is 4. The topological polar surface area (TPSA) is 60.7 Å². The van der Waals surface area contributed by atoms with Crippen molar-refractivity contribution in [2.75, 3.05) is 21.3 Å².